The summed E-state index contributed by atoms with van der Waals surface area (Å²) in [5, 5.41) is 11.9. The van der Waals surface area contributed by atoms with Crippen molar-refractivity contribution in [1.29, 1.82) is 0 Å². The van der Waals surface area contributed by atoms with E-state index in [9.17, 15) is 14.7 Å². The van der Waals surface area contributed by atoms with E-state index in [4.69, 9.17) is 4.74 Å². The van der Waals surface area contributed by atoms with Crippen molar-refractivity contribution in [2.75, 3.05) is 20.3 Å². The van der Waals surface area contributed by atoms with Crippen LogP contribution >= 0.6 is 11.3 Å². The van der Waals surface area contributed by atoms with Crippen molar-refractivity contribution >= 4 is 23.2 Å². The summed E-state index contributed by atoms with van der Waals surface area (Å²) < 4.78 is 5.15. The minimum atomic E-state index is -0.954. The number of aliphatic carboxylic acids is 1. The second kappa shape index (κ2) is 6.37. The molecule has 126 valence electrons. The summed E-state index contributed by atoms with van der Waals surface area (Å²) in [5.41, 5.74) is 0.0684. The highest BCUT2D eigenvalue weighted by molar-refractivity contribution is 7.10. The van der Waals surface area contributed by atoms with Crippen LogP contribution in [-0.4, -0.2) is 42.1 Å². The molecule has 0 aliphatic carbocycles. The Labute approximate surface area is 144 Å². The van der Waals surface area contributed by atoms with Crippen LogP contribution in [0.15, 0.2) is 41.8 Å². The predicted molar refractivity (Wildman–Crippen MR) is 91.4 cm³/mol. The smallest absolute Gasteiger partial charge is 0.313 e. The number of rotatable bonds is 5. The Balaban J connectivity index is 2.24. The molecule has 0 saturated heterocycles. The number of carbonyl (C=O) groups excluding carboxylic acids is 1. The number of thiophene rings is 1. The Hall–Kier alpha value is -2.18. The van der Waals surface area contributed by atoms with E-state index in [0.29, 0.717) is 24.3 Å². The minimum Gasteiger partial charge on any atom is -0.481 e. The third kappa shape index (κ3) is 2.42. The van der Waals surface area contributed by atoms with Gasteiger partial charge in [-0.2, -0.15) is 0 Å². The maximum absolute atomic E-state index is 13.1. The SMILES string of the molecule is COCCN1C(=O)c2ccccc2C(C(=O)O)C1(C)c1cccs1. The normalized spacial score (nSPS) is 23.2. The Morgan fingerprint density at radius 3 is 2.71 bits per heavy atom. The molecule has 2 atom stereocenters. The first-order valence-electron chi connectivity index (χ1n) is 7.68. The average molecular weight is 345 g/mol. The van der Waals surface area contributed by atoms with Crippen molar-refractivity contribution in [2.45, 2.75) is 18.4 Å². The molecule has 2 aromatic rings. The second-order valence-corrected chi connectivity index (χ2v) is 6.88. The van der Waals surface area contributed by atoms with Gasteiger partial charge >= 0.3 is 5.97 Å². The summed E-state index contributed by atoms with van der Waals surface area (Å²) in [4.78, 5) is 27.8. The van der Waals surface area contributed by atoms with Crippen molar-refractivity contribution in [2.24, 2.45) is 0 Å². The van der Waals surface area contributed by atoms with Crippen LogP contribution in [0, 0.1) is 0 Å². The van der Waals surface area contributed by atoms with Gasteiger partial charge in [-0.1, -0.05) is 24.3 Å². The zero-order valence-corrected chi connectivity index (χ0v) is 14.4. The number of nitrogens with zero attached hydrogens (tertiary/aromatic N) is 1. The summed E-state index contributed by atoms with van der Waals surface area (Å²) in [6, 6.07) is 10.7. The Bertz CT molecular complexity index is 758. The Morgan fingerprint density at radius 1 is 1.33 bits per heavy atom. The fourth-order valence-corrected chi connectivity index (χ4v) is 4.42. The van der Waals surface area contributed by atoms with Crippen LogP contribution in [0.4, 0.5) is 0 Å². The van der Waals surface area contributed by atoms with Gasteiger partial charge in [0, 0.05) is 24.1 Å². The standard InChI is InChI=1S/C18H19NO4S/c1-18(14-8-5-11-24-14)15(17(21)22)12-6-3-4-7-13(12)16(20)19(18)9-10-23-2/h3-8,11,15H,9-10H2,1-2H3,(H,21,22). The van der Waals surface area contributed by atoms with Gasteiger partial charge in [-0.3, -0.25) is 9.59 Å². The molecule has 5 nitrogen and oxygen atoms in total. The summed E-state index contributed by atoms with van der Waals surface area (Å²) in [7, 11) is 1.57. The summed E-state index contributed by atoms with van der Waals surface area (Å²) >= 11 is 1.47. The quantitative estimate of drug-likeness (QED) is 0.905. The van der Waals surface area contributed by atoms with Crippen LogP contribution in [0.2, 0.25) is 0 Å². The van der Waals surface area contributed by atoms with Gasteiger partial charge in [0.1, 0.15) is 5.92 Å². The zero-order chi connectivity index (χ0) is 17.3. The average Bonchev–Trinajstić information content (AvgIpc) is 3.09. The van der Waals surface area contributed by atoms with Crippen molar-refractivity contribution in [1.82, 2.24) is 4.90 Å². The van der Waals surface area contributed by atoms with Crippen LogP contribution in [0.5, 0.6) is 0 Å². The number of carboxylic acids is 1. The molecule has 2 heterocycles. The number of methoxy groups -OCH3 is 1. The number of carboxylic acid groups (broad SMARTS) is 1. The molecule has 0 radical (unpaired) electrons. The molecule has 1 amide bonds. The number of benzene rings is 1. The van der Waals surface area contributed by atoms with Gasteiger partial charge in [-0.05, 0) is 30.0 Å². The summed E-state index contributed by atoms with van der Waals surface area (Å²) in [5.74, 6) is -1.92. The molecule has 1 aromatic heterocycles. The first kappa shape index (κ1) is 16.7. The molecular weight excluding hydrogens is 326 g/mol. The van der Waals surface area contributed by atoms with Crippen LogP contribution < -0.4 is 0 Å². The molecule has 2 unspecified atom stereocenters. The first-order chi connectivity index (χ1) is 11.5. The Morgan fingerprint density at radius 2 is 2.08 bits per heavy atom. The van der Waals surface area contributed by atoms with Gasteiger partial charge in [0.15, 0.2) is 0 Å². The predicted octanol–water partition coefficient (Wildman–Crippen LogP) is 2.93. The lowest BCUT2D eigenvalue weighted by molar-refractivity contribution is -0.143. The maximum Gasteiger partial charge on any atom is 0.313 e. The van der Waals surface area contributed by atoms with E-state index in [1.807, 2.05) is 24.4 Å². The fraction of sp³-hybridized carbons (Fsp3) is 0.333. The molecule has 0 saturated carbocycles. The van der Waals surface area contributed by atoms with E-state index >= 15 is 0 Å². The largest absolute Gasteiger partial charge is 0.481 e. The molecule has 0 spiro atoms. The van der Waals surface area contributed by atoms with Crippen LogP contribution in [0.3, 0.4) is 0 Å². The topological polar surface area (TPSA) is 66.8 Å². The van der Waals surface area contributed by atoms with E-state index in [1.165, 1.54) is 11.3 Å². The lowest BCUT2D eigenvalue weighted by Gasteiger charge is -2.48. The lowest BCUT2D eigenvalue weighted by Crippen LogP contribution is -2.57. The molecule has 6 heteroatoms. The van der Waals surface area contributed by atoms with E-state index in [0.717, 1.165) is 4.88 Å². The van der Waals surface area contributed by atoms with Gasteiger partial charge < -0.3 is 14.7 Å². The summed E-state index contributed by atoms with van der Waals surface area (Å²) in [6.07, 6.45) is 0. The molecule has 1 aromatic carbocycles. The zero-order valence-electron chi connectivity index (χ0n) is 13.6. The molecular formula is C18H19NO4S. The highest BCUT2D eigenvalue weighted by Gasteiger charge is 2.53. The minimum absolute atomic E-state index is 0.156. The molecule has 0 fully saturated rings. The molecule has 1 N–H and O–H groups in total. The monoisotopic (exact) mass is 345 g/mol. The Kier molecular flexibility index (Phi) is 4.43. The van der Waals surface area contributed by atoms with Crippen molar-refractivity contribution in [3.63, 3.8) is 0 Å². The first-order valence-corrected chi connectivity index (χ1v) is 8.56. The van der Waals surface area contributed by atoms with Crippen molar-refractivity contribution in [3.8, 4) is 0 Å². The van der Waals surface area contributed by atoms with E-state index in [-0.39, 0.29) is 5.91 Å². The molecule has 1 aliphatic heterocycles. The van der Waals surface area contributed by atoms with Gasteiger partial charge in [-0.25, -0.2) is 0 Å². The third-order valence-electron chi connectivity index (χ3n) is 4.66. The number of hydrogen-bond donors (Lipinski definition) is 1. The fourth-order valence-electron chi connectivity index (χ4n) is 3.49. The lowest BCUT2D eigenvalue weighted by atomic mass is 9.73. The van der Waals surface area contributed by atoms with Gasteiger partial charge in [0.25, 0.3) is 5.91 Å². The van der Waals surface area contributed by atoms with Gasteiger partial charge in [0.05, 0.1) is 12.1 Å². The van der Waals surface area contributed by atoms with Crippen LogP contribution in [0.25, 0.3) is 0 Å². The van der Waals surface area contributed by atoms with E-state index < -0.39 is 17.4 Å². The number of ether oxygens (including phenoxy) is 1. The van der Waals surface area contributed by atoms with Gasteiger partial charge in [0.2, 0.25) is 0 Å². The van der Waals surface area contributed by atoms with Crippen LogP contribution in [-0.2, 0) is 15.1 Å². The number of carbonyl (C=O) groups is 2. The van der Waals surface area contributed by atoms with E-state index in [1.54, 1.807) is 36.3 Å². The van der Waals surface area contributed by atoms with Crippen molar-refractivity contribution in [3.05, 3.63) is 57.8 Å². The number of fused-ring (bicyclic) bond motifs is 1. The highest BCUT2D eigenvalue weighted by Crippen LogP contribution is 2.48. The second-order valence-electron chi connectivity index (χ2n) is 5.93. The molecule has 3 rings (SSSR count). The van der Waals surface area contributed by atoms with Crippen LogP contribution in [0.1, 0.15) is 33.6 Å². The van der Waals surface area contributed by atoms with E-state index in [2.05, 4.69) is 0 Å². The summed E-state index contributed by atoms with van der Waals surface area (Å²) in [6.45, 7) is 2.52. The third-order valence-corrected chi connectivity index (χ3v) is 5.75. The number of amides is 1. The number of hydrogen-bond acceptors (Lipinski definition) is 4. The maximum atomic E-state index is 13.1. The highest BCUT2D eigenvalue weighted by atomic mass is 32.1. The van der Waals surface area contributed by atoms with Crippen molar-refractivity contribution < 1.29 is 19.4 Å². The molecule has 0 bridgehead atoms. The molecule has 24 heavy (non-hydrogen) atoms. The molecule has 1 aliphatic rings. The van der Waals surface area contributed by atoms with Gasteiger partial charge in [-0.15, -0.1) is 11.3 Å².